The van der Waals surface area contributed by atoms with Crippen molar-refractivity contribution in [2.45, 2.75) is 26.3 Å². The molecule has 0 spiro atoms. The van der Waals surface area contributed by atoms with Crippen LogP contribution in [0.2, 0.25) is 0 Å². The highest BCUT2D eigenvalue weighted by Crippen LogP contribution is 2.06. The molecule has 0 saturated carbocycles. The summed E-state index contributed by atoms with van der Waals surface area (Å²) in [6.07, 6.45) is 0.924. The molecule has 2 unspecified atom stereocenters. The first kappa shape index (κ1) is 11.7. The first-order valence-corrected chi connectivity index (χ1v) is 4.65. The molecule has 0 radical (unpaired) electrons. The minimum absolute atomic E-state index is 0.0301. The van der Waals surface area contributed by atoms with Gasteiger partial charge in [0.1, 0.15) is 5.88 Å². The van der Waals surface area contributed by atoms with Gasteiger partial charge < -0.3 is 10.4 Å². The van der Waals surface area contributed by atoms with Gasteiger partial charge in [-0.1, -0.05) is 20.3 Å². The maximum absolute atomic E-state index is 10.8. The molecular weight excluding hydrogens is 178 g/mol. The molecule has 2 N–H and O–H groups in total. The Morgan fingerprint density at radius 3 is 2.58 bits per heavy atom. The summed E-state index contributed by atoms with van der Waals surface area (Å²) >= 11 is 5.31. The zero-order valence-electron chi connectivity index (χ0n) is 7.51. The van der Waals surface area contributed by atoms with Crippen molar-refractivity contribution in [2.24, 2.45) is 5.92 Å². The first-order chi connectivity index (χ1) is 5.65. The molecule has 0 aromatic rings. The lowest BCUT2D eigenvalue weighted by molar-refractivity contribution is -0.120. The molecule has 0 aliphatic carbocycles. The molecule has 0 saturated heterocycles. The summed E-state index contributed by atoms with van der Waals surface area (Å²) in [5, 5.41) is 11.6. The smallest absolute Gasteiger partial charge is 0.235 e. The van der Waals surface area contributed by atoms with E-state index in [1.165, 1.54) is 0 Å². The highest BCUT2D eigenvalue weighted by molar-refractivity contribution is 6.27. The topological polar surface area (TPSA) is 49.3 Å². The molecule has 1 amide bonds. The van der Waals surface area contributed by atoms with Crippen LogP contribution in [0, 0.1) is 5.92 Å². The number of rotatable bonds is 5. The van der Waals surface area contributed by atoms with Crippen LogP contribution in [0.1, 0.15) is 20.3 Å². The Bertz CT molecular complexity index is 141. The summed E-state index contributed by atoms with van der Waals surface area (Å²) in [5.41, 5.74) is 0. The normalized spacial score (nSPS) is 15.3. The molecule has 0 aromatic heterocycles. The first-order valence-electron chi connectivity index (χ1n) is 4.11. The lowest BCUT2D eigenvalue weighted by Gasteiger charge is -2.21. The third-order valence-corrected chi connectivity index (χ3v) is 2.24. The Kier molecular flexibility index (Phi) is 6.11. The number of nitrogens with one attached hydrogen (secondary N) is 1. The molecule has 0 aromatic carbocycles. The number of hydrogen-bond donors (Lipinski definition) is 2. The third kappa shape index (κ3) is 3.93. The number of amides is 1. The number of carbonyl (C=O) groups is 1. The van der Waals surface area contributed by atoms with E-state index < -0.39 is 0 Å². The maximum atomic E-state index is 10.8. The van der Waals surface area contributed by atoms with E-state index >= 15 is 0 Å². The Labute approximate surface area is 78.1 Å². The second kappa shape index (κ2) is 6.26. The number of aliphatic hydroxyl groups is 1. The van der Waals surface area contributed by atoms with Gasteiger partial charge >= 0.3 is 0 Å². The van der Waals surface area contributed by atoms with Crippen molar-refractivity contribution < 1.29 is 9.90 Å². The van der Waals surface area contributed by atoms with E-state index in [-0.39, 0.29) is 30.4 Å². The van der Waals surface area contributed by atoms with Crippen LogP contribution in [0.5, 0.6) is 0 Å². The maximum Gasteiger partial charge on any atom is 0.235 e. The molecule has 4 heteroatoms. The van der Waals surface area contributed by atoms with Gasteiger partial charge in [-0.15, -0.1) is 11.6 Å². The van der Waals surface area contributed by atoms with Crippen molar-refractivity contribution in [1.82, 2.24) is 5.32 Å². The Morgan fingerprint density at radius 1 is 1.67 bits per heavy atom. The van der Waals surface area contributed by atoms with Crippen LogP contribution < -0.4 is 5.32 Å². The van der Waals surface area contributed by atoms with Gasteiger partial charge in [0, 0.05) is 0 Å². The van der Waals surface area contributed by atoms with Gasteiger partial charge in [-0.3, -0.25) is 4.79 Å². The SMILES string of the molecule is CCC(C)C(CO)NC(=O)CCl. The molecule has 0 heterocycles. The number of halogens is 1. The molecule has 0 aliphatic heterocycles. The van der Waals surface area contributed by atoms with Crippen molar-refractivity contribution in [3.63, 3.8) is 0 Å². The zero-order valence-corrected chi connectivity index (χ0v) is 8.27. The fourth-order valence-electron chi connectivity index (χ4n) is 0.898. The monoisotopic (exact) mass is 193 g/mol. The van der Waals surface area contributed by atoms with E-state index in [0.29, 0.717) is 0 Å². The van der Waals surface area contributed by atoms with Crippen LogP contribution in [0.15, 0.2) is 0 Å². The predicted octanol–water partition coefficient (Wildman–Crippen LogP) is 0.748. The second-order valence-electron chi connectivity index (χ2n) is 2.88. The average Bonchev–Trinajstić information content (AvgIpc) is 2.12. The highest BCUT2D eigenvalue weighted by Gasteiger charge is 2.16. The summed E-state index contributed by atoms with van der Waals surface area (Å²) in [7, 11) is 0. The van der Waals surface area contributed by atoms with Crippen LogP contribution in [-0.4, -0.2) is 29.5 Å². The number of carbonyl (C=O) groups excluding carboxylic acids is 1. The van der Waals surface area contributed by atoms with Crippen LogP contribution in [0.3, 0.4) is 0 Å². The van der Waals surface area contributed by atoms with Crippen LogP contribution in [0.25, 0.3) is 0 Å². The lowest BCUT2D eigenvalue weighted by atomic mass is 10.00. The second-order valence-corrected chi connectivity index (χ2v) is 3.14. The Balaban J connectivity index is 3.90. The quantitative estimate of drug-likeness (QED) is 0.634. The lowest BCUT2D eigenvalue weighted by Crippen LogP contribution is -2.42. The summed E-state index contributed by atoms with van der Waals surface area (Å²) in [6, 6.07) is -0.166. The summed E-state index contributed by atoms with van der Waals surface area (Å²) in [5.74, 6) is 0.00520. The summed E-state index contributed by atoms with van der Waals surface area (Å²) < 4.78 is 0. The van der Waals surface area contributed by atoms with E-state index in [2.05, 4.69) is 5.32 Å². The zero-order chi connectivity index (χ0) is 9.56. The highest BCUT2D eigenvalue weighted by atomic mass is 35.5. The fraction of sp³-hybridized carbons (Fsp3) is 0.875. The number of aliphatic hydroxyl groups excluding tert-OH is 1. The van der Waals surface area contributed by atoms with Crippen molar-refractivity contribution in [3.8, 4) is 0 Å². The van der Waals surface area contributed by atoms with Crippen molar-refractivity contribution in [1.29, 1.82) is 0 Å². The van der Waals surface area contributed by atoms with E-state index in [0.717, 1.165) is 6.42 Å². The van der Waals surface area contributed by atoms with Gasteiger partial charge in [0.15, 0.2) is 0 Å². The van der Waals surface area contributed by atoms with Gasteiger partial charge in [-0.25, -0.2) is 0 Å². The standard InChI is InChI=1S/C8H16ClNO2/c1-3-6(2)7(5-11)10-8(12)4-9/h6-7,11H,3-5H2,1-2H3,(H,10,12). The minimum atomic E-state index is -0.226. The van der Waals surface area contributed by atoms with Gasteiger partial charge in [-0.05, 0) is 5.92 Å². The third-order valence-electron chi connectivity index (χ3n) is 2.00. The van der Waals surface area contributed by atoms with Gasteiger partial charge in [0.05, 0.1) is 12.6 Å². The van der Waals surface area contributed by atoms with Gasteiger partial charge in [0.2, 0.25) is 5.91 Å². The Hall–Kier alpha value is -0.280. The average molecular weight is 194 g/mol. The van der Waals surface area contributed by atoms with E-state index in [9.17, 15) is 4.79 Å². The predicted molar refractivity (Wildman–Crippen MR) is 49.2 cm³/mol. The van der Waals surface area contributed by atoms with Gasteiger partial charge in [-0.2, -0.15) is 0 Å². The Morgan fingerprint density at radius 2 is 2.25 bits per heavy atom. The summed E-state index contributed by atoms with van der Waals surface area (Å²) in [4.78, 5) is 10.8. The molecule has 72 valence electrons. The number of alkyl halides is 1. The summed E-state index contributed by atoms with van der Waals surface area (Å²) in [6.45, 7) is 3.97. The van der Waals surface area contributed by atoms with Crippen molar-refractivity contribution in [3.05, 3.63) is 0 Å². The van der Waals surface area contributed by atoms with Crippen LogP contribution >= 0.6 is 11.6 Å². The van der Waals surface area contributed by atoms with E-state index in [1.54, 1.807) is 0 Å². The van der Waals surface area contributed by atoms with Crippen LogP contribution in [0.4, 0.5) is 0 Å². The molecule has 3 nitrogen and oxygen atoms in total. The molecule has 0 aliphatic rings. The van der Waals surface area contributed by atoms with E-state index in [1.807, 2.05) is 13.8 Å². The van der Waals surface area contributed by atoms with Crippen LogP contribution in [-0.2, 0) is 4.79 Å². The van der Waals surface area contributed by atoms with E-state index in [4.69, 9.17) is 16.7 Å². The fourth-order valence-corrected chi connectivity index (χ4v) is 0.975. The van der Waals surface area contributed by atoms with Crippen molar-refractivity contribution >= 4 is 17.5 Å². The molecule has 0 fully saturated rings. The number of hydrogen-bond acceptors (Lipinski definition) is 2. The van der Waals surface area contributed by atoms with Crippen molar-refractivity contribution in [2.75, 3.05) is 12.5 Å². The molecule has 12 heavy (non-hydrogen) atoms. The molecule has 0 bridgehead atoms. The largest absolute Gasteiger partial charge is 0.394 e. The minimum Gasteiger partial charge on any atom is -0.394 e. The molecule has 0 rings (SSSR count). The van der Waals surface area contributed by atoms with Gasteiger partial charge in [0.25, 0.3) is 0 Å². The molecule has 2 atom stereocenters. The molecular formula is C8H16ClNO2.